The fraction of sp³-hybridized carbons (Fsp3) is 0.241. The van der Waals surface area contributed by atoms with Crippen LogP contribution in [0.15, 0.2) is 69.9 Å². The van der Waals surface area contributed by atoms with Crippen LogP contribution in [-0.2, 0) is 5.41 Å². The zero-order valence-corrected chi connectivity index (χ0v) is 21.1. The zero-order chi connectivity index (χ0) is 26.0. The van der Waals surface area contributed by atoms with Crippen LogP contribution in [0, 0.1) is 0 Å². The van der Waals surface area contributed by atoms with Gasteiger partial charge in [0.05, 0.1) is 32.3 Å². The Labute approximate surface area is 209 Å². The summed E-state index contributed by atoms with van der Waals surface area (Å²) >= 11 is 0. The van der Waals surface area contributed by atoms with Gasteiger partial charge in [0, 0.05) is 5.56 Å². The largest absolute Gasteiger partial charge is 0.493 e. The Morgan fingerprint density at radius 3 is 1.97 bits per heavy atom. The number of esters is 1. The second-order valence-corrected chi connectivity index (χ2v) is 9.22. The van der Waals surface area contributed by atoms with Crippen LogP contribution in [-0.4, -0.2) is 27.3 Å². The van der Waals surface area contributed by atoms with Crippen LogP contribution < -0.4 is 24.4 Å². The number of carbonyl (C=O) groups excluding carboxylic acids is 1. The summed E-state index contributed by atoms with van der Waals surface area (Å²) < 4.78 is 27.8. The van der Waals surface area contributed by atoms with Gasteiger partial charge in [-0.15, -0.1) is 0 Å². The highest BCUT2D eigenvalue weighted by atomic mass is 16.5. The highest BCUT2D eigenvalue weighted by molar-refractivity contribution is 5.94. The van der Waals surface area contributed by atoms with Gasteiger partial charge in [-0.1, -0.05) is 57.2 Å². The van der Waals surface area contributed by atoms with Crippen molar-refractivity contribution in [3.8, 4) is 34.3 Å². The van der Waals surface area contributed by atoms with Crippen LogP contribution >= 0.6 is 0 Å². The van der Waals surface area contributed by atoms with Gasteiger partial charge in [-0.2, -0.15) is 0 Å². The Hall–Kier alpha value is -4.26. The van der Waals surface area contributed by atoms with E-state index in [1.54, 1.807) is 24.3 Å². The van der Waals surface area contributed by atoms with E-state index in [9.17, 15) is 9.59 Å². The molecule has 1 aromatic heterocycles. The second-order valence-electron chi connectivity index (χ2n) is 9.22. The molecule has 0 aliphatic rings. The smallest absolute Gasteiger partial charge is 0.344 e. The number of ether oxygens (including phenoxy) is 4. The van der Waals surface area contributed by atoms with Gasteiger partial charge in [-0.25, -0.2) is 4.79 Å². The van der Waals surface area contributed by atoms with E-state index in [1.807, 2.05) is 24.3 Å². The predicted molar refractivity (Wildman–Crippen MR) is 138 cm³/mol. The van der Waals surface area contributed by atoms with Gasteiger partial charge in [0.1, 0.15) is 5.58 Å². The summed E-state index contributed by atoms with van der Waals surface area (Å²) in [7, 11) is 4.36. The Balaban J connectivity index is 1.84. The number of para-hydroxylation sites is 1. The van der Waals surface area contributed by atoms with Gasteiger partial charge in [-0.3, -0.25) is 4.79 Å². The van der Waals surface area contributed by atoms with Crippen LogP contribution in [0.5, 0.6) is 23.0 Å². The molecule has 0 spiro atoms. The van der Waals surface area contributed by atoms with Crippen LogP contribution in [0.3, 0.4) is 0 Å². The molecule has 0 unspecified atom stereocenters. The normalized spacial score (nSPS) is 11.3. The van der Waals surface area contributed by atoms with Crippen molar-refractivity contribution >= 4 is 16.9 Å². The van der Waals surface area contributed by atoms with Crippen molar-refractivity contribution in [2.45, 2.75) is 26.2 Å². The average molecular weight is 489 g/mol. The Morgan fingerprint density at radius 1 is 0.806 bits per heavy atom. The first-order valence-electron chi connectivity index (χ1n) is 11.4. The lowest BCUT2D eigenvalue weighted by molar-refractivity contribution is 0.0730. The monoisotopic (exact) mass is 488 g/mol. The lowest BCUT2D eigenvalue weighted by atomic mass is 9.86. The molecule has 4 aromatic rings. The third-order valence-electron chi connectivity index (χ3n) is 5.86. The molecule has 0 amide bonds. The van der Waals surface area contributed by atoms with E-state index >= 15 is 0 Å². The molecule has 0 radical (unpaired) electrons. The van der Waals surface area contributed by atoms with E-state index in [0.29, 0.717) is 22.3 Å². The molecule has 0 saturated carbocycles. The summed E-state index contributed by atoms with van der Waals surface area (Å²) in [6.45, 7) is 6.34. The lowest BCUT2D eigenvalue weighted by Crippen LogP contribution is -2.17. The molecule has 0 N–H and O–H groups in total. The highest BCUT2D eigenvalue weighted by Gasteiger charge is 2.24. The summed E-state index contributed by atoms with van der Waals surface area (Å²) in [5, 5.41) is 0.306. The number of hydrogen-bond donors (Lipinski definition) is 0. The number of methoxy groups -OCH3 is 3. The number of benzene rings is 3. The maximum absolute atomic E-state index is 13.5. The van der Waals surface area contributed by atoms with Crippen molar-refractivity contribution in [2.24, 2.45) is 0 Å². The second kappa shape index (κ2) is 9.77. The third-order valence-corrected chi connectivity index (χ3v) is 5.86. The Bertz CT molecular complexity index is 1450. The molecule has 36 heavy (non-hydrogen) atoms. The van der Waals surface area contributed by atoms with E-state index in [-0.39, 0.29) is 34.0 Å². The quantitative estimate of drug-likeness (QED) is 0.308. The van der Waals surface area contributed by atoms with Crippen molar-refractivity contribution in [1.82, 2.24) is 0 Å². The Morgan fingerprint density at radius 2 is 1.42 bits per heavy atom. The molecule has 0 aliphatic heterocycles. The minimum atomic E-state index is -0.774. The molecule has 3 aromatic carbocycles. The maximum atomic E-state index is 13.5. The summed E-state index contributed by atoms with van der Waals surface area (Å²) in [5.41, 5.74) is 1.73. The zero-order valence-electron chi connectivity index (χ0n) is 21.1. The van der Waals surface area contributed by atoms with Crippen molar-refractivity contribution < 1.29 is 28.2 Å². The highest BCUT2D eigenvalue weighted by Crippen LogP contribution is 2.39. The van der Waals surface area contributed by atoms with Gasteiger partial charge in [0.2, 0.25) is 16.9 Å². The maximum Gasteiger partial charge on any atom is 0.344 e. The van der Waals surface area contributed by atoms with Gasteiger partial charge >= 0.3 is 5.97 Å². The number of carbonyl (C=O) groups is 1. The minimum absolute atomic E-state index is 0.0511. The molecule has 7 nitrogen and oxygen atoms in total. The number of hydrogen-bond acceptors (Lipinski definition) is 7. The van der Waals surface area contributed by atoms with Crippen LogP contribution in [0.1, 0.15) is 36.7 Å². The molecule has 4 rings (SSSR count). The van der Waals surface area contributed by atoms with Crippen LogP contribution in [0.4, 0.5) is 0 Å². The van der Waals surface area contributed by atoms with Gasteiger partial charge < -0.3 is 23.4 Å². The predicted octanol–water partition coefficient (Wildman–Crippen LogP) is 6.00. The summed E-state index contributed by atoms with van der Waals surface area (Å²) in [5.74, 6) is 0.0985. The molecule has 186 valence electrons. The fourth-order valence-corrected chi connectivity index (χ4v) is 3.88. The van der Waals surface area contributed by atoms with E-state index in [4.69, 9.17) is 23.4 Å². The van der Waals surface area contributed by atoms with Crippen LogP contribution in [0.25, 0.3) is 22.3 Å². The van der Waals surface area contributed by atoms with Crippen molar-refractivity contribution in [2.75, 3.05) is 21.3 Å². The molecule has 7 heteroatoms. The Kier molecular flexibility index (Phi) is 6.75. The molecule has 0 aliphatic carbocycles. The molecule has 0 saturated heterocycles. The lowest BCUT2D eigenvalue weighted by Gasteiger charge is -2.19. The van der Waals surface area contributed by atoms with E-state index in [2.05, 4.69) is 20.8 Å². The van der Waals surface area contributed by atoms with Gasteiger partial charge in [0.25, 0.3) is 0 Å². The number of rotatable bonds is 6. The first kappa shape index (κ1) is 24.9. The summed E-state index contributed by atoms with van der Waals surface area (Å²) in [6.07, 6.45) is 0. The topological polar surface area (TPSA) is 84.2 Å². The first-order chi connectivity index (χ1) is 17.2. The SMILES string of the molecule is COc1cc(C(=O)Oc2c(-c3ccc(C(C)(C)C)cc3)oc3ccccc3c2=O)cc(OC)c1OC. The molecule has 0 atom stereocenters. The van der Waals surface area contributed by atoms with Crippen LogP contribution in [0.2, 0.25) is 0 Å². The van der Waals surface area contributed by atoms with E-state index in [1.165, 1.54) is 33.5 Å². The first-order valence-corrected chi connectivity index (χ1v) is 11.4. The van der Waals surface area contributed by atoms with E-state index < -0.39 is 11.4 Å². The van der Waals surface area contributed by atoms with E-state index in [0.717, 1.165) is 5.56 Å². The van der Waals surface area contributed by atoms with Crippen molar-refractivity contribution in [1.29, 1.82) is 0 Å². The van der Waals surface area contributed by atoms with Gasteiger partial charge in [0.15, 0.2) is 17.3 Å². The molecule has 0 fully saturated rings. The minimum Gasteiger partial charge on any atom is -0.493 e. The molecule has 1 heterocycles. The average Bonchev–Trinajstić information content (AvgIpc) is 2.88. The summed E-state index contributed by atoms with van der Waals surface area (Å²) in [6, 6.07) is 17.4. The third kappa shape index (κ3) is 4.64. The fourth-order valence-electron chi connectivity index (χ4n) is 3.88. The van der Waals surface area contributed by atoms with Gasteiger partial charge in [-0.05, 0) is 35.2 Å². The molecular weight excluding hydrogens is 460 g/mol. The standard InChI is InChI=1S/C29H28O7/c1-29(2,3)19-13-11-17(12-14-19)25-27(24(30)20-9-7-8-10-21(20)35-25)36-28(31)18-15-22(32-4)26(34-6)23(16-18)33-5/h7-16H,1-6H3. The molecular formula is C29H28O7. The number of fused-ring (bicyclic) bond motifs is 1. The molecule has 0 bridgehead atoms. The van der Waals surface area contributed by atoms with Crippen molar-refractivity contribution in [3.63, 3.8) is 0 Å². The van der Waals surface area contributed by atoms with Crippen molar-refractivity contribution in [3.05, 3.63) is 82.0 Å². The summed E-state index contributed by atoms with van der Waals surface area (Å²) in [4.78, 5) is 26.7.